The molecule has 0 unspecified atom stereocenters. The molecule has 4 heteroatoms. The van der Waals surface area contributed by atoms with Crippen LogP contribution in [0.2, 0.25) is 5.02 Å². The minimum absolute atomic E-state index is 0.0258. The van der Waals surface area contributed by atoms with Crippen LogP contribution in [-0.4, -0.2) is 5.92 Å². The molecule has 1 fully saturated rings. The molecule has 118 valence electrons. The van der Waals surface area contributed by atoms with Crippen LogP contribution >= 0.6 is 11.6 Å². The van der Waals surface area contributed by atoms with Crippen LogP contribution in [0.3, 0.4) is 0 Å². The zero-order valence-corrected chi connectivity index (χ0v) is 13.1. The number of alkyl halides is 2. The van der Waals surface area contributed by atoms with Crippen molar-refractivity contribution in [1.82, 2.24) is 0 Å². The van der Waals surface area contributed by atoms with Crippen molar-refractivity contribution in [2.75, 3.05) is 0 Å². The molecule has 1 aliphatic rings. The summed E-state index contributed by atoms with van der Waals surface area (Å²) in [6.45, 7) is 2.13. The molecule has 2 rings (SSSR count). The summed E-state index contributed by atoms with van der Waals surface area (Å²) in [6, 6.07) is 3.96. The molecule has 21 heavy (non-hydrogen) atoms. The third kappa shape index (κ3) is 4.38. The normalized spacial score (nSPS) is 23.3. The Bertz CT molecular complexity index is 465. The van der Waals surface area contributed by atoms with Gasteiger partial charge in [0.05, 0.1) is 5.02 Å². The maximum Gasteiger partial charge on any atom is 0.254 e. The molecule has 0 aromatic heterocycles. The van der Waals surface area contributed by atoms with Crippen molar-refractivity contribution < 1.29 is 13.2 Å². The van der Waals surface area contributed by atoms with E-state index in [1.165, 1.54) is 12.1 Å². The standard InChI is InChI=1S/C17H22ClF3/c1-2-3-12-4-7-14(8-5-12)17(20,21)11-13-6-9-15(18)16(19)10-13/h6,9-10,12,14H,2-5,7-8,11H2,1H3. The fourth-order valence-electron chi connectivity index (χ4n) is 3.35. The average molecular weight is 319 g/mol. The lowest BCUT2D eigenvalue weighted by atomic mass is 9.76. The fourth-order valence-corrected chi connectivity index (χ4v) is 3.47. The second-order valence-corrected chi connectivity index (χ2v) is 6.60. The van der Waals surface area contributed by atoms with Gasteiger partial charge in [0.1, 0.15) is 5.82 Å². The van der Waals surface area contributed by atoms with E-state index in [1.807, 2.05) is 0 Å². The summed E-state index contributed by atoms with van der Waals surface area (Å²) in [6.07, 6.45) is 4.80. The molecule has 0 bridgehead atoms. The van der Waals surface area contributed by atoms with Crippen molar-refractivity contribution in [2.24, 2.45) is 11.8 Å². The van der Waals surface area contributed by atoms with Crippen molar-refractivity contribution >= 4 is 11.6 Å². The highest BCUT2D eigenvalue weighted by Gasteiger charge is 2.41. The third-order valence-corrected chi connectivity index (χ3v) is 4.87. The maximum atomic E-state index is 14.4. The molecule has 1 aromatic rings. The molecule has 0 saturated heterocycles. The van der Waals surface area contributed by atoms with E-state index >= 15 is 0 Å². The van der Waals surface area contributed by atoms with E-state index in [0.717, 1.165) is 31.7 Å². The van der Waals surface area contributed by atoms with Crippen LogP contribution in [0.4, 0.5) is 13.2 Å². The second kappa shape index (κ2) is 7.04. The molecule has 0 radical (unpaired) electrons. The molecule has 0 aliphatic heterocycles. The third-order valence-electron chi connectivity index (χ3n) is 4.56. The van der Waals surface area contributed by atoms with Crippen LogP contribution in [-0.2, 0) is 6.42 Å². The Morgan fingerprint density at radius 1 is 1.19 bits per heavy atom. The van der Waals surface area contributed by atoms with E-state index < -0.39 is 24.1 Å². The Kier molecular flexibility index (Phi) is 5.59. The van der Waals surface area contributed by atoms with E-state index in [0.29, 0.717) is 24.3 Å². The Hall–Kier alpha value is -0.700. The second-order valence-electron chi connectivity index (χ2n) is 6.19. The summed E-state index contributed by atoms with van der Waals surface area (Å²) in [5.41, 5.74) is 0.317. The molecule has 0 nitrogen and oxygen atoms in total. The molecule has 0 N–H and O–H groups in total. The van der Waals surface area contributed by atoms with Crippen molar-refractivity contribution in [3.8, 4) is 0 Å². The first-order valence-electron chi connectivity index (χ1n) is 7.74. The number of hydrogen-bond donors (Lipinski definition) is 0. The van der Waals surface area contributed by atoms with Crippen molar-refractivity contribution in [1.29, 1.82) is 0 Å². The van der Waals surface area contributed by atoms with Crippen molar-refractivity contribution in [3.05, 3.63) is 34.6 Å². The van der Waals surface area contributed by atoms with Gasteiger partial charge >= 0.3 is 0 Å². The molecular weight excluding hydrogens is 297 g/mol. The summed E-state index contributed by atoms with van der Waals surface area (Å²) in [4.78, 5) is 0. The van der Waals surface area contributed by atoms with Gasteiger partial charge in [-0.1, -0.05) is 37.4 Å². The lowest BCUT2D eigenvalue weighted by molar-refractivity contribution is -0.0746. The summed E-state index contributed by atoms with van der Waals surface area (Å²) in [7, 11) is 0. The lowest BCUT2D eigenvalue weighted by Crippen LogP contribution is -2.34. The Balaban J connectivity index is 1.96. The average Bonchev–Trinajstić information content (AvgIpc) is 2.44. The molecule has 0 atom stereocenters. The van der Waals surface area contributed by atoms with Gasteiger partial charge in [0.15, 0.2) is 0 Å². The fraction of sp³-hybridized carbons (Fsp3) is 0.647. The molecule has 1 saturated carbocycles. The summed E-state index contributed by atoms with van der Waals surface area (Å²) in [5, 5.41) is -0.0258. The zero-order valence-electron chi connectivity index (χ0n) is 12.3. The Labute approximate surface area is 129 Å². The van der Waals surface area contributed by atoms with Gasteiger partial charge in [0, 0.05) is 12.3 Å². The predicted molar refractivity (Wildman–Crippen MR) is 80.4 cm³/mol. The summed E-state index contributed by atoms with van der Waals surface area (Å²) in [5.74, 6) is -3.37. The van der Waals surface area contributed by atoms with Crippen LogP contribution in [0.15, 0.2) is 18.2 Å². The molecule has 1 aromatic carbocycles. The summed E-state index contributed by atoms with van der Waals surface area (Å²) < 4.78 is 42.1. The minimum atomic E-state index is -2.77. The van der Waals surface area contributed by atoms with E-state index in [-0.39, 0.29) is 5.02 Å². The highest BCUT2D eigenvalue weighted by molar-refractivity contribution is 6.30. The first-order chi connectivity index (χ1) is 9.92. The summed E-state index contributed by atoms with van der Waals surface area (Å²) >= 11 is 5.58. The number of benzene rings is 1. The monoisotopic (exact) mass is 318 g/mol. The number of rotatable bonds is 5. The van der Waals surface area contributed by atoms with Gasteiger partial charge in [-0.25, -0.2) is 13.2 Å². The number of halogens is 4. The van der Waals surface area contributed by atoms with Crippen LogP contribution in [0.1, 0.15) is 51.0 Å². The number of hydrogen-bond acceptors (Lipinski definition) is 0. The first-order valence-corrected chi connectivity index (χ1v) is 8.12. The highest BCUT2D eigenvalue weighted by Crippen LogP contribution is 2.41. The Morgan fingerprint density at radius 3 is 2.43 bits per heavy atom. The molecule has 0 spiro atoms. The van der Waals surface area contributed by atoms with E-state index in [9.17, 15) is 13.2 Å². The van der Waals surface area contributed by atoms with E-state index in [4.69, 9.17) is 11.6 Å². The van der Waals surface area contributed by atoms with Gasteiger partial charge in [0.25, 0.3) is 5.92 Å². The smallest absolute Gasteiger partial charge is 0.206 e. The van der Waals surface area contributed by atoms with Gasteiger partial charge in [0.2, 0.25) is 0 Å². The van der Waals surface area contributed by atoms with Gasteiger partial charge in [-0.2, -0.15) is 0 Å². The molecule has 1 aliphatic carbocycles. The van der Waals surface area contributed by atoms with Crippen LogP contribution in [0, 0.1) is 17.7 Å². The van der Waals surface area contributed by atoms with Gasteiger partial charge in [-0.05, 0) is 49.3 Å². The van der Waals surface area contributed by atoms with Crippen molar-refractivity contribution in [2.45, 2.75) is 57.8 Å². The minimum Gasteiger partial charge on any atom is -0.206 e. The molecule has 0 heterocycles. The van der Waals surface area contributed by atoms with Crippen LogP contribution in [0.25, 0.3) is 0 Å². The predicted octanol–water partition coefficient (Wildman–Crippen LogP) is 6.26. The zero-order chi connectivity index (χ0) is 15.5. The lowest BCUT2D eigenvalue weighted by Gasteiger charge is -2.33. The maximum absolute atomic E-state index is 14.4. The largest absolute Gasteiger partial charge is 0.254 e. The highest BCUT2D eigenvalue weighted by atomic mass is 35.5. The van der Waals surface area contributed by atoms with Crippen LogP contribution in [0.5, 0.6) is 0 Å². The van der Waals surface area contributed by atoms with Gasteiger partial charge in [-0.15, -0.1) is 0 Å². The van der Waals surface area contributed by atoms with Gasteiger partial charge < -0.3 is 0 Å². The van der Waals surface area contributed by atoms with Gasteiger partial charge in [-0.3, -0.25) is 0 Å². The first kappa shape index (κ1) is 16.7. The SMILES string of the molecule is CCCC1CCC(C(F)(F)Cc2ccc(Cl)c(F)c2)CC1. The quantitative estimate of drug-likeness (QED) is 0.600. The Morgan fingerprint density at radius 2 is 1.86 bits per heavy atom. The van der Waals surface area contributed by atoms with E-state index in [1.54, 1.807) is 0 Å². The van der Waals surface area contributed by atoms with Crippen LogP contribution < -0.4 is 0 Å². The van der Waals surface area contributed by atoms with E-state index in [2.05, 4.69) is 6.92 Å². The topological polar surface area (TPSA) is 0 Å². The molecule has 0 amide bonds. The van der Waals surface area contributed by atoms with Crippen molar-refractivity contribution in [3.63, 3.8) is 0 Å². The molecular formula is C17H22ClF3.